The van der Waals surface area contributed by atoms with Crippen LogP contribution in [0.25, 0.3) is 0 Å². The predicted octanol–water partition coefficient (Wildman–Crippen LogP) is 3.44. The van der Waals surface area contributed by atoms with E-state index in [9.17, 15) is 4.39 Å². The van der Waals surface area contributed by atoms with Gasteiger partial charge in [0.15, 0.2) is 5.96 Å². The highest BCUT2D eigenvalue weighted by Gasteiger charge is 2.28. The third-order valence-corrected chi connectivity index (χ3v) is 4.73. The highest BCUT2D eigenvalue weighted by Crippen LogP contribution is 2.25. The van der Waals surface area contributed by atoms with Gasteiger partial charge in [-0.05, 0) is 42.3 Å². The molecule has 6 nitrogen and oxygen atoms in total. The Balaban J connectivity index is 0.00000300. The lowest BCUT2D eigenvalue weighted by Gasteiger charge is -2.38. The summed E-state index contributed by atoms with van der Waals surface area (Å²) in [5, 5.41) is 3.44. The van der Waals surface area contributed by atoms with E-state index in [0.29, 0.717) is 13.1 Å². The summed E-state index contributed by atoms with van der Waals surface area (Å²) >= 11 is 0. The molecule has 0 bridgehead atoms. The molecule has 1 aliphatic rings. The van der Waals surface area contributed by atoms with Crippen LogP contribution in [-0.2, 0) is 11.3 Å². The smallest absolute Gasteiger partial charge is 0.194 e. The summed E-state index contributed by atoms with van der Waals surface area (Å²) in [7, 11) is 5.74. The van der Waals surface area contributed by atoms with Crippen molar-refractivity contribution in [2.24, 2.45) is 4.99 Å². The molecule has 2 heterocycles. The van der Waals surface area contributed by atoms with Crippen LogP contribution in [0.4, 0.5) is 10.2 Å². The van der Waals surface area contributed by atoms with Crippen LogP contribution in [0.3, 0.4) is 0 Å². The van der Waals surface area contributed by atoms with E-state index in [2.05, 4.69) is 26.3 Å². The van der Waals surface area contributed by atoms with Crippen molar-refractivity contribution in [3.05, 3.63) is 59.5 Å². The number of nitrogens with zero attached hydrogens (tertiary/aromatic N) is 4. The highest BCUT2D eigenvalue weighted by molar-refractivity contribution is 14.0. The SMILES string of the molecule is CN=C(NCc1ccnc(N(C)C)c1)N1CC(C)OC(c2ccc(F)cc2)C1.I. The number of nitrogens with one attached hydrogen (secondary N) is 1. The Labute approximate surface area is 189 Å². The molecule has 1 N–H and O–H groups in total. The van der Waals surface area contributed by atoms with Gasteiger partial charge >= 0.3 is 0 Å². The van der Waals surface area contributed by atoms with Crippen molar-refractivity contribution in [1.29, 1.82) is 0 Å². The molecule has 0 spiro atoms. The first-order chi connectivity index (χ1) is 13.5. The van der Waals surface area contributed by atoms with Crippen LogP contribution < -0.4 is 10.2 Å². The van der Waals surface area contributed by atoms with Gasteiger partial charge in [0.1, 0.15) is 17.7 Å². The van der Waals surface area contributed by atoms with E-state index in [0.717, 1.165) is 29.4 Å². The summed E-state index contributed by atoms with van der Waals surface area (Å²) in [6, 6.07) is 10.6. The van der Waals surface area contributed by atoms with Gasteiger partial charge in [0.2, 0.25) is 0 Å². The number of guanidine groups is 1. The maximum absolute atomic E-state index is 13.2. The summed E-state index contributed by atoms with van der Waals surface area (Å²) in [4.78, 5) is 13.0. The molecule has 1 saturated heterocycles. The Kier molecular flexibility index (Phi) is 8.63. The maximum atomic E-state index is 13.2. The van der Waals surface area contributed by atoms with Gasteiger partial charge < -0.3 is 19.9 Å². The molecule has 0 saturated carbocycles. The zero-order chi connectivity index (χ0) is 20.1. The number of morpholine rings is 1. The molecule has 0 aliphatic carbocycles. The number of pyridine rings is 1. The Morgan fingerprint density at radius 3 is 2.66 bits per heavy atom. The van der Waals surface area contributed by atoms with Gasteiger partial charge in [-0.25, -0.2) is 9.37 Å². The number of halogens is 2. The number of benzene rings is 1. The first-order valence-corrected chi connectivity index (χ1v) is 9.45. The first-order valence-electron chi connectivity index (χ1n) is 9.45. The number of ether oxygens (including phenoxy) is 1. The van der Waals surface area contributed by atoms with Crippen LogP contribution in [0.15, 0.2) is 47.6 Å². The van der Waals surface area contributed by atoms with Gasteiger partial charge in [0, 0.05) is 40.4 Å². The normalized spacial score (nSPS) is 19.5. The van der Waals surface area contributed by atoms with E-state index >= 15 is 0 Å². The Bertz CT molecular complexity index is 815. The highest BCUT2D eigenvalue weighted by atomic mass is 127. The molecule has 158 valence electrons. The molecule has 2 atom stereocenters. The molecule has 8 heteroatoms. The van der Waals surface area contributed by atoms with Crippen molar-refractivity contribution >= 4 is 35.8 Å². The first kappa shape index (κ1) is 23.3. The fraction of sp³-hybridized carbons (Fsp3) is 0.429. The summed E-state index contributed by atoms with van der Waals surface area (Å²) in [5.41, 5.74) is 2.11. The van der Waals surface area contributed by atoms with Crippen molar-refractivity contribution in [1.82, 2.24) is 15.2 Å². The largest absolute Gasteiger partial charge is 0.367 e. The number of aromatic nitrogens is 1. The van der Waals surface area contributed by atoms with E-state index in [-0.39, 0.29) is 42.0 Å². The van der Waals surface area contributed by atoms with Crippen molar-refractivity contribution in [2.75, 3.05) is 39.1 Å². The minimum absolute atomic E-state index is 0. The standard InChI is InChI=1S/C21H28FN5O.HI/c1-15-13-27(14-19(28-15)17-5-7-18(22)8-6-17)21(23-2)25-12-16-9-10-24-20(11-16)26(3)4;/h5-11,15,19H,12-14H2,1-4H3,(H,23,25);1H. The average Bonchev–Trinajstić information content (AvgIpc) is 2.69. The molecule has 2 aromatic rings. The number of anilines is 1. The van der Waals surface area contributed by atoms with Gasteiger partial charge in [-0.15, -0.1) is 24.0 Å². The monoisotopic (exact) mass is 513 g/mol. The lowest BCUT2D eigenvalue weighted by atomic mass is 10.1. The van der Waals surface area contributed by atoms with E-state index in [1.165, 1.54) is 12.1 Å². The fourth-order valence-electron chi connectivity index (χ4n) is 3.31. The molecular formula is C21H29FIN5O. The topological polar surface area (TPSA) is 53.0 Å². The van der Waals surface area contributed by atoms with Crippen LogP contribution in [-0.4, -0.2) is 56.2 Å². The van der Waals surface area contributed by atoms with E-state index in [1.807, 2.05) is 38.2 Å². The summed E-state index contributed by atoms with van der Waals surface area (Å²) < 4.78 is 19.3. The third-order valence-electron chi connectivity index (χ3n) is 4.73. The Hall–Kier alpha value is -1.94. The van der Waals surface area contributed by atoms with Crippen LogP contribution in [0.1, 0.15) is 24.2 Å². The Morgan fingerprint density at radius 1 is 1.28 bits per heavy atom. The van der Waals surface area contributed by atoms with E-state index in [1.54, 1.807) is 19.2 Å². The summed E-state index contributed by atoms with van der Waals surface area (Å²) in [6.07, 6.45) is 1.74. The number of rotatable bonds is 4. The molecule has 1 fully saturated rings. The molecule has 0 amide bonds. The maximum Gasteiger partial charge on any atom is 0.194 e. The molecule has 29 heavy (non-hydrogen) atoms. The van der Waals surface area contributed by atoms with Gasteiger partial charge in [-0.1, -0.05) is 12.1 Å². The quantitative estimate of drug-likeness (QED) is 0.386. The molecule has 1 aliphatic heterocycles. The lowest BCUT2D eigenvalue weighted by Crippen LogP contribution is -2.50. The minimum Gasteiger partial charge on any atom is -0.367 e. The second-order valence-electron chi connectivity index (χ2n) is 7.21. The Morgan fingerprint density at radius 2 is 2.00 bits per heavy atom. The zero-order valence-electron chi connectivity index (χ0n) is 17.3. The molecular weight excluding hydrogens is 484 g/mol. The zero-order valence-corrected chi connectivity index (χ0v) is 19.6. The van der Waals surface area contributed by atoms with Crippen LogP contribution in [0.2, 0.25) is 0 Å². The number of hydrogen-bond acceptors (Lipinski definition) is 4. The number of aliphatic imine (C=N–C) groups is 1. The van der Waals surface area contributed by atoms with Crippen LogP contribution in [0.5, 0.6) is 0 Å². The summed E-state index contributed by atoms with van der Waals surface area (Å²) in [6.45, 7) is 4.11. The van der Waals surface area contributed by atoms with Crippen LogP contribution in [0, 0.1) is 5.82 Å². The van der Waals surface area contributed by atoms with Gasteiger partial charge in [-0.3, -0.25) is 4.99 Å². The lowest BCUT2D eigenvalue weighted by molar-refractivity contribution is -0.0605. The minimum atomic E-state index is -0.239. The molecule has 3 rings (SSSR count). The van der Waals surface area contributed by atoms with Gasteiger partial charge in [0.05, 0.1) is 12.6 Å². The number of hydrogen-bond donors (Lipinski definition) is 1. The second kappa shape index (κ2) is 10.7. The van der Waals surface area contributed by atoms with E-state index < -0.39 is 0 Å². The van der Waals surface area contributed by atoms with Crippen LogP contribution >= 0.6 is 24.0 Å². The average molecular weight is 513 g/mol. The molecule has 1 aromatic heterocycles. The molecule has 2 unspecified atom stereocenters. The van der Waals surface area contributed by atoms with E-state index in [4.69, 9.17) is 4.74 Å². The van der Waals surface area contributed by atoms with Gasteiger partial charge in [0.25, 0.3) is 0 Å². The third kappa shape index (κ3) is 6.27. The fourth-order valence-corrected chi connectivity index (χ4v) is 3.31. The van der Waals surface area contributed by atoms with Crippen molar-refractivity contribution < 1.29 is 9.13 Å². The predicted molar refractivity (Wildman–Crippen MR) is 125 cm³/mol. The van der Waals surface area contributed by atoms with Crippen molar-refractivity contribution in [3.63, 3.8) is 0 Å². The van der Waals surface area contributed by atoms with Crippen molar-refractivity contribution in [2.45, 2.75) is 25.7 Å². The molecule has 1 aromatic carbocycles. The van der Waals surface area contributed by atoms with Crippen molar-refractivity contribution in [3.8, 4) is 0 Å². The second-order valence-corrected chi connectivity index (χ2v) is 7.21. The molecule has 0 radical (unpaired) electrons. The summed E-state index contributed by atoms with van der Waals surface area (Å²) in [5.74, 6) is 1.51. The van der Waals surface area contributed by atoms with Gasteiger partial charge in [-0.2, -0.15) is 0 Å².